The van der Waals surface area contributed by atoms with Crippen LogP contribution in [-0.2, 0) is 20.9 Å². The highest BCUT2D eigenvalue weighted by Crippen LogP contribution is 2.27. The van der Waals surface area contributed by atoms with Crippen molar-refractivity contribution >= 4 is 41.4 Å². The van der Waals surface area contributed by atoms with E-state index in [0.717, 1.165) is 38.2 Å². The molecule has 10 heteroatoms. The number of aryl methyl sites for hydroxylation is 1. The lowest BCUT2D eigenvalue weighted by atomic mass is 9.91. The van der Waals surface area contributed by atoms with E-state index in [0.29, 0.717) is 17.5 Å². The van der Waals surface area contributed by atoms with Crippen molar-refractivity contribution in [1.29, 1.82) is 0 Å². The minimum atomic E-state index is -0.655. The van der Waals surface area contributed by atoms with E-state index in [9.17, 15) is 14.4 Å². The number of ether oxygens (including phenoxy) is 1. The summed E-state index contributed by atoms with van der Waals surface area (Å²) in [6, 6.07) is 8.11. The van der Waals surface area contributed by atoms with E-state index in [2.05, 4.69) is 46.7 Å². The van der Waals surface area contributed by atoms with Gasteiger partial charge < -0.3 is 15.4 Å². The average molecular weight is 621 g/mol. The topological polar surface area (TPSA) is 91.0 Å². The number of likely N-dealkylation sites (tertiary alicyclic amines) is 1. The van der Waals surface area contributed by atoms with Crippen molar-refractivity contribution < 1.29 is 19.1 Å². The highest BCUT2D eigenvalue weighted by atomic mass is 32.2. The number of amides is 3. The van der Waals surface area contributed by atoms with Crippen LogP contribution in [0.4, 0.5) is 4.79 Å². The van der Waals surface area contributed by atoms with E-state index in [1.807, 2.05) is 6.26 Å². The molecule has 1 aromatic carbocycles. The fraction of sp³-hybridized carbons (Fsp3) is 0.719. The summed E-state index contributed by atoms with van der Waals surface area (Å²) in [5.74, 6) is 2.07. The Hall–Kier alpha value is -1.91. The van der Waals surface area contributed by atoms with Gasteiger partial charge in [0.25, 0.3) is 0 Å². The SMILES string of the molecule is CSCN(CC(=O)NC(CSCC1CCCCC1)C(=O)NC1CCN(Cc2ccc(C)cc2)CC1)C(=O)OC(C)(C)C. The first-order valence-electron chi connectivity index (χ1n) is 15.4. The third kappa shape index (κ3) is 12.8. The number of thioether (sulfide) groups is 2. The molecule has 0 spiro atoms. The predicted molar refractivity (Wildman–Crippen MR) is 175 cm³/mol. The summed E-state index contributed by atoms with van der Waals surface area (Å²) in [7, 11) is 0. The number of nitrogens with one attached hydrogen (secondary N) is 2. The van der Waals surface area contributed by atoms with Crippen LogP contribution < -0.4 is 10.6 Å². The maximum Gasteiger partial charge on any atom is 0.411 e. The van der Waals surface area contributed by atoms with E-state index < -0.39 is 17.7 Å². The number of benzene rings is 1. The Bertz CT molecular complexity index is 987. The molecule has 1 aromatic rings. The molecule has 1 unspecified atom stereocenters. The molecule has 2 N–H and O–H groups in total. The zero-order valence-corrected chi connectivity index (χ0v) is 27.9. The van der Waals surface area contributed by atoms with Gasteiger partial charge in [0.15, 0.2) is 0 Å². The van der Waals surface area contributed by atoms with Gasteiger partial charge in [-0.1, -0.05) is 49.1 Å². The second kappa shape index (κ2) is 17.4. The zero-order chi connectivity index (χ0) is 30.5. The van der Waals surface area contributed by atoms with Crippen LogP contribution in [0, 0.1) is 12.8 Å². The highest BCUT2D eigenvalue weighted by Gasteiger charge is 2.29. The van der Waals surface area contributed by atoms with Crippen molar-refractivity contribution in [3.63, 3.8) is 0 Å². The van der Waals surface area contributed by atoms with Crippen LogP contribution in [-0.4, -0.2) is 88.7 Å². The number of hydrogen-bond donors (Lipinski definition) is 2. The minimum Gasteiger partial charge on any atom is -0.444 e. The third-order valence-corrected chi connectivity index (χ3v) is 9.59. The molecule has 0 aromatic heterocycles. The molecule has 0 radical (unpaired) electrons. The smallest absolute Gasteiger partial charge is 0.411 e. The molecule has 1 heterocycles. The Labute approximate surface area is 261 Å². The van der Waals surface area contributed by atoms with Crippen LogP contribution in [0.15, 0.2) is 24.3 Å². The average Bonchev–Trinajstić information content (AvgIpc) is 2.94. The van der Waals surface area contributed by atoms with Crippen molar-refractivity contribution in [2.24, 2.45) is 5.92 Å². The third-order valence-electron chi connectivity index (χ3n) is 7.75. The maximum atomic E-state index is 13.5. The first-order valence-corrected chi connectivity index (χ1v) is 18.0. The Morgan fingerprint density at radius 2 is 1.71 bits per heavy atom. The van der Waals surface area contributed by atoms with Crippen LogP contribution in [0.1, 0.15) is 76.8 Å². The van der Waals surface area contributed by atoms with E-state index in [-0.39, 0.29) is 24.4 Å². The van der Waals surface area contributed by atoms with Crippen LogP contribution >= 0.6 is 23.5 Å². The van der Waals surface area contributed by atoms with Crippen molar-refractivity contribution in [1.82, 2.24) is 20.4 Å². The molecular formula is C32H52N4O4S2. The quantitative estimate of drug-likeness (QED) is 0.284. The van der Waals surface area contributed by atoms with Gasteiger partial charge in [-0.3, -0.25) is 19.4 Å². The molecule has 2 aliphatic rings. The van der Waals surface area contributed by atoms with Gasteiger partial charge in [0.1, 0.15) is 18.2 Å². The Morgan fingerprint density at radius 3 is 2.33 bits per heavy atom. The second-order valence-electron chi connectivity index (χ2n) is 12.8. The summed E-state index contributed by atoms with van der Waals surface area (Å²) in [6.45, 7) is 10.1. The number of carbonyl (C=O) groups is 3. The monoisotopic (exact) mass is 620 g/mol. The second-order valence-corrected chi connectivity index (χ2v) is 14.7. The number of piperidine rings is 1. The summed E-state index contributed by atoms with van der Waals surface area (Å²) in [5.41, 5.74) is 1.92. The number of hydrogen-bond acceptors (Lipinski definition) is 7. The molecule has 1 aliphatic carbocycles. The van der Waals surface area contributed by atoms with Crippen molar-refractivity contribution in [2.75, 3.05) is 43.3 Å². The van der Waals surface area contributed by atoms with Crippen LogP contribution in [0.25, 0.3) is 0 Å². The molecule has 1 aliphatic heterocycles. The van der Waals surface area contributed by atoms with Crippen LogP contribution in [0.3, 0.4) is 0 Å². The number of nitrogens with zero attached hydrogens (tertiary/aromatic N) is 2. The highest BCUT2D eigenvalue weighted by molar-refractivity contribution is 7.99. The first kappa shape index (κ1) is 34.6. The fourth-order valence-electron chi connectivity index (χ4n) is 5.44. The summed E-state index contributed by atoms with van der Waals surface area (Å²) in [6.07, 6.45) is 9.48. The first-order chi connectivity index (χ1) is 20.0. The summed E-state index contributed by atoms with van der Waals surface area (Å²) < 4.78 is 5.50. The molecule has 3 rings (SSSR count). The Kier molecular flexibility index (Phi) is 14.3. The molecule has 0 bridgehead atoms. The van der Waals surface area contributed by atoms with Gasteiger partial charge in [-0.2, -0.15) is 11.8 Å². The van der Waals surface area contributed by atoms with Crippen molar-refractivity contribution in [3.8, 4) is 0 Å². The van der Waals surface area contributed by atoms with Crippen LogP contribution in [0.5, 0.6) is 0 Å². The van der Waals surface area contributed by atoms with Gasteiger partial charge in [-0.25, -0.2) is 4.79 Å². The van der Waals surface area contributed by atoms with Gasteiger partial charge in [-0.15, -0.1) is 11.8 Å². The lowest BCUT2D eigenvalue weighted by Gasteiger charge is -2.33. The summed E-state index contributed by atoms with van der Waals surface area (Å²) in [4.78, 5) is 43.2. The van der Waals surface area contributed by atoms with Crippen molar-refractivity contribution in [3.05, 3.63) is 35.4 Å². The molecule has 1 saturated carbocycles. The largest absolute Gasteiger partial charge is 0.444 e. The van der Waals surface area contributed by atoms with E-state index in [1.54, 1.807) is 32.5 Å². The zero-order valence-electron chi connectivity index (χ0n) is 26.3. The molecule has 1 atom stereocenters. The molecule has 236 valence electrons. The molecule has 2 fully saturated rings. The lowest BCUT2D eigenvalue weighted by molar-refractivity contribution is -0.129. The Balaban J connectivity index is 1.55. The van der Waals surface area contributed by atoms with E-state index in [1.165, 1.54) is 59.9 Å². The van der Waals surface area contributed by atoms with Crippen molar-refractivity contribution in [2.45, 2.75) is 96.9 Å². The number of rotatable bonds is 13. The maximum absolute atomic E-state index is 13.5. The van der Waals surface area contributed by atoms with Gasteiger partial charge in [-0.05, 0) is 76.9 Å². The molecule has 42 heavy (non-hydrogen) atoms. The standard InChI is InChI=1S/C32H52N4O4S2/c1-24-11-13-25(14-12-24)19-35-17-15-27(16-18-35)33-30(38)28(22-42-21-26-9-7-6-8-10-26)34-29(37)20-36(23-41-5)31(39)40-32(2,3)4/h11-14,26-28H,6-10,15-23H2,1-5H3,(H,33,38)(H,34,37). The predicted octanol–water partition coefficient (Wildman–Crippen LogP) is 5.43. The van der Waals surface area contributed by atoms with Gasteiger partial charge in [0.05, 0.1) is 5.88 Å². The normalized spacial score (nSPS) is 17.8. The van der Waals surface area contributed by atoms with E-state index in [4.69, 9.17) is 4.74 Å². The summed E-state index contributed by atoms with van der Waals surface area (Å²) >= 11 is 3.20. The fourth-order valence-corrected chi connectivity index (χ4v) is 7.22. The minimum absolute atomic E-state index is 0.0873. The molecular weight excluding hydrogens is 569 g/mol. The molecule has 8 nitrogen and oxygen atoms in total. The Morgan fingerprint density at radius 1 is 1.05 bits per heavy atom. The molecule has 1 saturated heterocycles. The molecule has 3 amide bonds. The van der Waals surface area contributed by atoms with Gasteiger partial charge >= 0.3 is 6.09 Å². The lowest BCUT2D eigenvalue weighted by Crippen LogP contribution is -2.54. The van der Waals surface area contributed by atoms with Gasteiger partial charge in [0, 0.05) is 31.4 Å². The van der Waals surface area contributed by atoms with E-state index >= 15 is 0 Å². The summed E-state index contributed by atoms with van der Waals surface area (Å²) in [5, 5.41) is 6.19. The number of carbonyl (C=O) groups excluding carboxylic acids is 3. The van der Waals surface area contributed by atoms with Crippen LogP contribution in [0.2, 0.25) is 0 Å². The van der Waals surface area contributed by atoms with Gasteiger partial charge in [0.2, 0.25) is 11.8 Å².